The Kier molecular flexibility index (Phi) is 2.47. The highest BCUT2D eigenvalue weighted by atomic mass is 35.5. The van der Waals surface area contributed by atoms with E-state index in [2.05, 4.69) is 4.98 Å². The third kappa shape index (κ3) is 1.74. The first-order valence-corrected chi connectivity index (χ1v) is 5.84. The summed E-state index contributed by atoms with van der Waals surface area (Å²) in [6.45, 7) is 4.25. The van der Waals surface area contributed by atoms with Gasteiger partial charge in [0.15, 0.2) is 10.9 Å². The number of imidazole rings is 1. The molecule has 1 atom stereocenters. The first-order chi connectivity index (χ1) is 6.94. The quantitative estimate of drug-likeness (QED) is 0.813. The van der Waals surface area contributed by atoms with Crippen molar-refractivity contribution in [2.24, 2.45) is 0 Å². The third-order valence-electron chi connectivity index (χ3n) is 2.29. The lowest BCUT2D eigenvalue weighted by Gasteiger charge is -2.11. The van der Waals surface area contributed by atoms with E-state index >= 15 is 0 Å². The molecule has 0 saturated carbocycles. The van der Waals surface area contributed by atoms with Crippen molar-refractivity contribution in [2.75, 3.05) is 0 Å². The molecule has 0 fully saturated rings. The molecule has 2 rings (SSSR count). The third-order valence-corrected chi connectivity index (χ3v) is 3.69. The molecule has 4 nitrogen and oxygen atoms in total. The summed E-state index contributed by atoms with van der Waals surface area (Å²) in [7, 11) is 0. The number of aromatic nitrogens is 2. The molecule has 6 heteroatoms. The van der Waals surface area contributed by atoms with Crippen LogP contribution in [0.1, 0.15) is 30.0 Å². The maximum atomic E-state index is 11.1. The second-order valence-electron chi connectivity index (χ2n) is 3.64. The van der Waals surface area contributed by atoms with E-state index < -0.39 is 10.2 Å². The molecule has 1 aliphatic rings. The molecule has 0 aliphatic carbocycles. The zero-order valence-corrected chi connectivity index (χ0v) is 10.0. The number of aromatic carboxylic acids is 1. The van der Waals surface area contributed by atoms with Gasteiger partial charge < -0.3 is 9.67 Å². The van der Waals surface area contributed by atoms with Crippen LogP contribution in [-0.2, 0) is 13.0 Å². The zero-order valence-electron chi connectivity index (χ0n) is 8.45. The molecule has 1 unspecified atom stereocenters. The molecule has 0 amide bonds. The number of hydrogen-bond acceptors (Lipinski definition) is 3. The predicted molar refractivity (Wildman–Crippen MR) is 58.7 cm³/mol. The van der Waals surface area contributed by atoms with E-state index in [0.29, 0.717) is 23.8 Å². The Labute approximate surface area is 96.6 Å². The van der Waals surface area contributed by atoms with Gasteiger partial charge in [0.1, 0.15) is 4.21 Å². The highest BCUT2D eigenvalue weighted by molar-refractivity contribution is 8.01. The van der Waals surface area contributed by atoms with Crippen LogP contribution in [0.3, 0.4) is 0 Å². The first-order valence-electron chi connectivity index (χ1n) is 4.65. The summed E-state index contributed by atoms with van der Waals surface area (Å²) in [4.78, 5) is 15.4. The average molecular weight is 247 g/mol. The minimum absolute atomic E-state index is 0.282. The average Bonchev–Trinajstić information content (AvgIpc) is 2.54. The predicted octanol–water partition coefficient (Wildman–Crippen LogP) is 2.20. The van der Waals surface area contributed by atoms with Gasteiger partial charge in [0.25, 0.3) is 0 Å². The molecular formula is C9H11ClN2O2S. The van der Waals surface area contributed by atoms with Crippen molar-refractivity contribution in [1.29, 1.82) is 0 Å². The maximum absolute atomic E-state index is 11.1. The largest absolute Gasteiger partial charge is 0.477 e. The molecule has 1 aliphatic heterocycles. The van der Waals surface area contributed by atoms with Crippen LogP contribution >= 0.6 is 23.4 Å². The molecule has 0 spiro atoms. The van der Waals surface area contributed by atoms with Gasteiger partial charge in [0, 0.05) is 0 Å². The van der Waals surface area contributed by atoms with Gasteiger partial charge >= 0.3 is 5.97 Å². The fraction of sp³-hybridized carbons (Fsp3) is 0.556. The van der Waals surface area contributed by atoms with Crippen molar-refractivity contribution >= 4 is 29.3 Å². The molecule has 0 bridgehead atoms. The number of alkyl halides is 1. The van der Waals surface area contributed by atoms with Crippen LogP contribution in [0.5, 0.6) is 0 Å². The normalized spacial score (nSPS) is 24.2. The van der Waals surface area contributed by atoms with Gasteiger partial charge in [0.05, 0.1) is 12.2 Å². The van der Waals surface area contributed by atoms with E-state index in [-0.39, 0.29) is 5.69 Å². The summed E-state index contributed by atoms with van der Waals surface area (Å²) in [5.41, 5.74) is 0.918. The Morgan fingerprint density at radius 1 is 1.80 bits per heavy atom. The minimum Gasteiger partial charge on any atom is -0.477 e. The number of halogens is 1. The molecule has 1 aromatic rings. The zero-order chi connectivity index (χ0) is 11.2. The van der Waals surface area contributed by atoms with Crippen LogP contribution in [0, 0.1) is 0 Å². The van der Waals surface area contributed by atoms with E-state index in [0.717, 1.165) is 0 Å². The lowest BCUT2D eigenvalue weighted by molar-refractivity contribution is 0.0683. The summed E-state index contributed by atoms with van der Waals surface area (Å²) < 4.78 is 1.22. The number of fused-ring (bicyclic) bond motifs is 1. The van der Waals surface area contributed by atoms with Crippen LogP contribution < -0.4 is 0 Å². The van der Waals surface area contributed by atoms with Gasteiger partial charge in [0.2, 0.25) is 0 Å². The maximum Gasteiger partial charge on any atom is 0.354 e. The molecule has 1 N–H and O–H groups in total. The van der Waals surface area contributed by atoms with Crippen molar-refractivity contribution in [1.82, 2.24) is 9.55 Å². The van der Waals surface area contributed by atoms with E-state index in [1.807, 2.05) is 13.8 Å². The fourth-order valence-corrected chi connectivity index (χ4v) is 3.02. The first kappa shape index (κ1) is 10.8. The van der Waals surface area contributed by atoms with Crippen LogP contribution in [-0.4, -0.2) is 24.8 Å². The topological polar surface area (TPSA) is 55.1 Å². The second-order valence-corrected chi connectivity index (χ2v) is 6.17. The molecule has 15 heavy (non-hydrogen) atoms. The molecule has 2 heterocycles. The molecule has 0 radical (unpaired) electrons. The van der Waals surface area contributed by atoms with Crippen molar-refractivity contribution in [3.63, 3.8) is 0 Å². The van der Waals surface area contributed by atoms with Gasteiger partial charge in [-0.15, -0.1) is 11.6 Å². The number of rotatable bonds is 2. The van der Waals surface area contributed by atoms with E-state index in [1.54, 1.807) is 4.57 Å². The fourth-order valence-electron chi connectivity index (χ4n) is 1.70. The van der Waals surface area contributed by atoms with Crippen LogP contribution in [0.2, 0.25) is 0 Å². The monoisotopic (exact) mass is 246 g/mol. The molecule has 0 saturated heterocycles. The van der Waals surface area contributed by atoms with Crippen LogP contribution in [0.15, 0.2) is 5.16 Å². The number of thioether (sulfide) groups is 1. The Balaban J connectivity index is 2.51. The number of carboxylic acid groups (broad SMARTS) is 1. The lowest BCUT2D eigenvalue weighted by Crippen LogP contribution is -2.17. The number of carboxylic acids is 1. The van der Waals surface area contributed by atoms with Crippen LogP contribution in [0.4, 0.5) is 0 Å². The number of nitrogens with zero attached hydrogens (tertiary/aromatic N) is 2. The highest BCUT2D eigenvalue weighted by Crippen LogP contribution is 2.44. The van der Waals surface area contributed by atoms with Crippen molar-refractivity contribution < 1.29 is 9.90 Å². The Bertz CT molecular complexity index is 428. The Morgan fingerprint density at radius 2 is 2.47 bits per heavy atom. The highest BCUT2D eigenvalue weighted by Gasteiger charge is 2.37. The lowest BCUT2D eigenvalue weighted by atomic mass is 10.2. The summed E-state index contributed by atoms with van der Waals surface area (Å²) in [6.07, 6.45) is 0.626. The van der Waals surface area contributed by atoms with E-state index in [1.165, 1.54) is 11.8 Å². The van der Waals surface area contributed by atoms with E-state index in [9.17, 15) is 4.79 Å². The molecular weight excluding hydrogens is 236 g/mol. The van der Waals surface area contributed by atoms with Gasteiger partial charge in [-0.25, -0.2) is 9.78 Å². The SMILES string of the molecule is CCc1nc2n(c1C(=O)O)CC(C)(Cl)S2. The summed E-state index contributed by atoms with van der Waals surface area (Å²) >= 11 is 7.57. The van der Waals surface area contributed by atoms with Crippen LogP contribution in [0.25, 0.3) is 0 Å². The van der Waals surface area contributed by atoms with Gasteiger partial charge in [-0.1, -0.05) is 18.7 Å². The number of carbonyl (C=O) groups is 1. The summed E-state index contributed by atoms with van der Waals surface area (Å²) in [5, 5.41) is 9.82. The van der Waals surface area contributed by atoms with Gasteiger partial charge in [-0.3, -0.25) is 0 Å². The van der Waals surface area contributed by atoms with Gasteiger partial charge in [-0.05, 0) is 13.3 Å². The number of aryl methyl sites for hydroxylation is 1. The van der Waals surface area contributed by atoms with Gasteiger partial charge in [-0.2, -0.15) is 0 Å². The standard InChI is InChI=1S/C9H11ClN2O2S/c1-3-5-6(7(13)14)12-4-9(2,10)15-8(12)11-5/h3-4H2,1-2H3,(H,13,14). The van der Waals surface area contributed by atoms with Crippen molar-refractivity contribution in [3.05, 3.63) is 11.4 Å². The van der Waals surface area contributed by atoms with E-state index in [4.69, 9.17) is 16.7 Å². The molecule has 82 valence electrons. The smallest absolute Gasteiger partial charge is 0.354 e. The summed E-state index contributed by atoms with van der Waals surface area (Å²) in [5.74, 6) is -0.930. The summed E-state index contributed by atoms with van der Waals surface area (Å²) in [6, 6.07) is 0. The number of hydrogen-bond donors (Lipinski definition) is 1. The molecule has 0 aromatic carbocycles. The molecule has 1 aromatic heterocycles. The Hall–Kier alpha value is -0.680. The van der Waals surface area contributed by atoms with Crippen molar-refractivity contribution in [2.45, 2.75) is 36.2 Å². The Morgan fingerprint density at radius 3 is 3.00 bits per heavy atom. The van der Waals surface area contributed by atoms with Crippen molar-refractivity contribution in [3.8, 4) is 0 Å². The minimum atomic E-state index is -0.930. The second kappa shape index (κ2) is 3.42.